The number of benzene rings is 1. The van der Waals surface area contributed by atoms with Gasteiger partial charge in [0, 0.05) is 23.9 Å². The normalized spacial score (nSPS) is 11.1. The number of hydrogen-bond donors (Lipinski definition) is 1. The zero-order valence-electron chi connectivity index (χ0n) is 11.2. The number of likely N-dealkylation sites (N-methyl/N-ethyl adjacent to an activating group) is 1. The third kappa shape index (κ3) is 3.18. The van der Waals surface area contributed by atoms with Gasteiger partial charge in [0.25, 0.3) is 0 Å². The lowest BCUT2D eigenvalue weighted by molar-refractivity contribution is 0.788. The summed E-state index contributed by atoms with van der Waals surface area (Å²) in [6.45, 7) is 5.42. The van der Waals surface area contributed by atoms with Crippen molar-refractivity contribution in [2.45, 2.75) is 26.2 Å². The molecule has 0 saturated heterocycles. The summed E-state index contributed by atoms with van der Waals surface area (Å²) in [7, 11) is 1.97. The predicted octanol–water partition coefficient (Wildman–Crippen LogP) is 3.70. The van der Waals surface area contributed by atoms with Crippen LogP contribution in [-0.2, 0) is 6.42 Å². The zero-order chi connectivity index (χ0) is 13.0. The molecule has 0 aliphatic heterocycles. The van der Waals surface area contributed by atoms with Crippen LogP contribution >= 0.6 is 11.3 Å². The summed E-state index contributed by atoms with van der Waals surface area (Å²) in [5.74, 6) is 0.584. The fourth-order valence-corrected chi connectivity index (χ4v) is 2.64. The standard InChI is InChI=1S/C15H20N2S/c1-11(2)12-4-6-13(7-5-12)14-10-18-15(17-14)8-9-16-3/h4-7,10-11,16H,8-9H2,1-3H3. The highest BCUT2D eigenvalue weighted by atomic mass is 32.1. The molecular formula is C15H20N2S. The van der Waals surface area contributed by atoms with Gasteiger partial charge in [0.2, 0.25) is 0 Å². The Hall–Kier alpha value is -1.19. The Balaban J connectivity index is 2.13. The fraction of sp³-hybridized carbons (Fsp3) is 0.400. The monoisotopic (exact) mass is 260 g/mol. The molecule has 2 nitrogen and oxygen atoms in total. The van der Waals surface area contributed by atoms with Crippen LogP contribution in [0.5, 0.6) is 0 Å². The minimum atomic E-state index is 0.584. The van der Waals surface area contributed by atoms with Gasteiger partial charge in [0.15, 0.2) is 0 Å². The zero-order valence-corrected chi connectivity index (χ0v) is 12.1. The number of rotatable bonds is 5. The van der Waals surface area contributed by atoms with E-state index in [9.17, 15) is 0 Å². The highest BCUT2D eigenvalue weighted by Gasteiger charge is 2.05. The molecule has 1 heterocycles. The largest absolute Gasteiger partial charge is 0.319 e. The molecule has 0 aliphatic rings. The van der Waals surface area contributed by atoms with Crippen LogP contribution in [0.25, 0.3) is 11.3 Å². The molecule has 0 unspecified atom stereocenters. The summed E-state index contributed by atoms with van der Waals surface area (Å²) < 4.78 is 0. The molecule has 0 amide bonds. The molecule has 0 bridgehead atoms. The number of thiazole rings is 1. The van der Waals surface area contributed by atoms with Crippen molar-refractivity contribution in [3.05, 3.63) is 40.2 Å². The van der Waals surface area contributed by atoms with Crippen LogP contribution in [0, 0.1) is 0 Å². The van der Waals surface area contributed by atoms with Crippen LogP contribution < -0.4 is 5.32 Å². The Bertz CT molecular complexity index is 485. The number of nitrogens with one attached hydrogen (secondary N) is 1. The number of hydrogen-bond acceptors (Lipinski definition) is 3. The van der Waals surface area contributed by atoms with Crippen molar-refractivity contribution < 1.29 is 0 Å². The van der Waals surface area contributed by atoms with Crippen molar-refractivity contribution in [3.8, 4) is 11.3 Å². The molecule has 2 rings (SSSR count). The highest BCUT2D eigenvalue weighted by molar-refractivity contribution is 7.09. The Kier molecular flexibility index (Phi) is 4.50. The smallest absolute Gasteiger partial charge is 0.0945 e. The Labute approximate surface area is 113 Å². The van der Waals surface area contributed by atoms with E-state index in [2.05, 4.69) is 53.8 Å². The summed E-state index contributed by atoms with van der Waals surface area (Å²) in [6, 6.07) is 8.75. The average Bonchev–Trinajstić information content (AvgIpc) is 2.85. The molecule has 0 atom stereocenters. The maximum absolute atomic E-state index is 4.67. The second kappa shape index (κ2) is 6.12. The van der Waals surface area contributed by atoms with E-state index in [1.54, 1.807) is 11.3 Å². The van der Waals surface area contributed by atoms with E-state index in [1.165, 1.54) is 16.1 Å². The van der Waals surface area contributed by atoms with Gasteiger partial charge in [-0.25, -0.2) is 4.98 Å². The van der Waals surface area contributed by atoms with E-state index in [1.807, 2.05) is 7.05 Å². The molecule has 2 aromatic rings. The van der Waals surface area contributed by atoms with Gasteiger partial charge in [-0.1, -0.05) is 38.1 Å². The molecule has 1 N–H and O–H groups in total. The quantitative estimate of drug-likeness (QED) is 0.886. The van der Waals surface area contributed by atoms with Gasteiger partial charge >= 0.3 is 0 Å². The maximum Gasteiger partial charge on any atom is 0.0945 e. The van der Waals surface area contributed by atoms with Gasteiger partial charge in [-0.15, -0.1) is 11.3 Å². The maximum atomic E-state index is 4.67. The summed E-state index contributed by atoms with van der Waals surface area (Å²) >= 11 is 1.74. The van der Waals surface area contributed by atoms with E-state index in [4.69, 9.17) is 0 Å². The molecule has 18 heavy (non-hydrogen) atoms. The van der Waals surface area contributed by atoms with Crippen molar-refractivity contribution in [2.24, 2.45) is 0 Å². The van der Waals surface area contributed by atoms with Crippen LogP contribution in [0.1, 0.15) is 30.3 Å². The predicted molar refractivity (Wildman–Crippen MR) is 79.3 cm³/mol. The molecule has 96 valence electrons. The summed E-state index contributed by atoms with van der Waals surface area (Å²) in [6.07, 6.45) is 1.01. The van der Waals surface area contributed by atoms with E-state index >= 15 is 0 Å². The Morgan fingerprint density at radius 2 is 1.94 bits per heavy atom. The lowest BCUT2D eigenvalue weighted by atomic mass is 10.0. The Morgan fingerprint density at radius 3 is 2.56 bits per heavy atom. The first-order chi connectivity index (χ1) is 8.70. The molecule has 0 aliphatic carbocycles. The van der Waals surface area contributed by atoms with Crippen molar-refractivity contribution in [1.82, 2.24) is 10.3 Å². The highest BCUT2D eigenvalue weighted by Crippen LogP contribution is 2.24. The molecule has 1 aromatic carbocycles. The minimum Gasteiger partial charge on any atom is -0.319 e. The third-order valence-electron chi connectivity index (χ3n) is 3.01. The van der Waals surface area contributed by atoms with Gasteiger partial charge in [-0.3, -0.25) is 0 Å². The SMILES string of the molecule is CNCCc1nc(-c2ccc(C(C)C)cc2)cs1. The lowest BCUT2D eigenvalue weighted by Gasteiger charge is -2.05. The van der Waals surface area contributed by atoms with E-state index in [0.717, 1.165) is 18.7 Å². The molecule has 3 heteroatoms. The van der Waals surface area contributed by atoms with Crippen LogP contribution in [-0.4, -0.2) is 18.6 Å². The van der Waals surface area contributed by atoms with E-state index in [-0.39, 0.29) is 0 Å². The molecular weight excluding hydrogens is 240 g/mol. The van der Waals surface area contributed by atoms with Crippen molar-refractivity contribution in [3.63, 3.8) is 0 Å². The van der Waals surface area contributed by atoms with Crippen molar-refractivity contribution in [1.29, 1.82) is 0 Å². The van der Waals surface area contributed by atoms with Gasteiger partial charge in [0.1, 0.15) is 0 Å². The lowest BCUT2D eigenvalue weighted by Crippen LogP contribution is -2.09. The van der Waals surface area contributed by atoms with Gasteiger partial charge in [-0.05, 0) is 18.5 Å². The topological polar surface area (TPSA) is 24.9 Å². The van der Waals surface area contributed by atoms with Gasteiger partial charge < -0.3 is 5.32 Å². The minimum absolute atomic E-state index is 0.584. The van der Waals surface area contributed by atoms with Crippen LogP contribution in [0.2, 0.25) is 0 Å². The first-order valence-corrected chi connectivity index (χ1v) is 7.28. The first kappa shape index (κ1) is 13.2. The van der Waals surface area contributed by atoms with E-state index in [0.29, 0.717) is 5.92 Å². The summed E-state index contributed by atoms with van der Waals surface area (Å²) in [5.41, 5.74) is 3.69. The third-order valence-corrected chi connectivity index (χ3v) is 3.92. The van der Waals surface area contributed by atoms with Crippen LogP contribution in [0.4, 0.5) is 0 Å². The summed E-state index contributed by atoms with van der Waals surface area (Å²) in [5, 5.41) is 6.50. The molecule has 0 fully saturated rings. The van der Waals surface area contributed by atoms with Crippen LogP contribution in [0.3, 0.4) is 0 Å². The Morgan fingerprint density at radius 1 is 1.22 bits per heavy atom. The second-order valence-electron chi connectivity index (χ2n) is 4.76. The van der Waals surface area contributed by atoms with Crippen molar-refractivity contribution in [2.75, 3.05) is 13.6 Å². The van der Waals surface area contributed by atoms with Crippen molar-refractivity contribution >= 4 is 11.3 Å². The second-order valence-corrected chi connectivity index (χ2v) is 5.70. The fourth-order valence-electron chi connectivity index (χ4n) is 1.83. The number of aromatic nitrogens is 1. The average molecular weight is 260 g/mol. The molecule has 0 radical (unpaired) electrons. The number of nitrogens with zero attached hydrogens (tertiary/aromatic N) is 1. The van der Waals surface area contributed by atoms with Gasteiger partial charge in [-0.2, -0.15) is 0 Å². The van der Waals surface area contributed by atoms with E-state index < -0.39 is 0 Å². The molecule has 0 saturated carbocycles. The van der Waals surface area contributed by atoms with Gasteiger partial charge in [0.05, 0.1) is 10.7 Å². The first-order valence-electron chi connectivity index (χ1n) is 6.40. The summed E-state index contributed by atoms with van der Waals surface area (Å²) in [4.78, 5) is 4.67. The molecule has 1 aromatic heterocycles. The van der Waals surface area contributed by atoms with Crippen LogP contribution in [0.15, 0.2) is 29.6 Å². The molecule has 0 spiro atoms.